The van der Waals surface area contributed by atoms with Crippen LogP contribution in [-0.4, -0.2) is 34.9 Å². The van der Waals surface area contributed by atoms with E-state index in [-0.39, 0.29) is 5.91 Å². The standard InChI is InChI=1S/C23H25NO3S2/c1-4-24-22(25)21(29-23(24)28)15-18-8-10-19(11-9-18)26-12-5-13-27-20-14-16(2)6-7-17(20)3/h6-11,14-15H,4-5,12-13H2,1-3H3/b21-15+. The molecule has 2 aromatic carbocycles. The lowest BCUT2D eigenvalue weighted by Crippen LogP contribution is -2.27. The fourth-order valence-electron chi connectivity index (χ4n) is 2.88. The van der Waals surface area contributed by atoms with E-state index in [4.69, 9.17) is 21.7 Å². The summed E-state index contributed by atoms with van der Waals surface area (Å²) in [6, 6.07) is 13.9. The predicted molar refractivity (Wildman–Crippen MR) is 124 cm³/mol. The molecule has 0 unspecified atom stereocenters. The average Bonchev–Trinajstić information content (AvgIpc) is 2.98. The largest absolute Gasteiger partial charge is 0.493 e. The Labute approximate surface area is 181 Å². The lowest BCUT2D eigenvalue weighted by atomic mass is 10.1. The molecule has 0 atom stereocenters. The fourth-order valence-corrected chi connectivity index (χ4v) is 4.26. The van der Waals surface area contributed by atoms with Crippen molar-refractivity contribution in [2.24, 2.45) is 0 Å². The number of thioether (sulfide) groups is 1. The molecule has 0 aromatic heterocycles. The van der Waals surface area contributed by atoms with E-state index in [0.29, 0.717) is 29.0 Å². The highest BCUT2D eigenvalue weighted by Gasteiger charge is 2.30. The first-order chi connectivity index (χ1) is 14.0. The van der Waals surface area contributed by atoms with Gasteiger partial charge in [0.25, 0.3) is 5.91 Å². The molecule has 1 aliphatic rings. The SMILES string of the molecule is CCN1C(=O)/C(=C\c2ccc(OCCCOc3cc(C)ccc3C)cc2)SC1=S. The van der Waals surface area contributed by atoms with Crippen LogP contribution in [0.4, 0.5) is 0 Å². The van der Waals surface area contributed by atoms with Crippen molar-refractivity contribution in [1.82, 2.24) is 4.90 Å². The smallest absolute Gasteiger partial charge is 0.266 e. The van der Waals surface area contributed by atoms with Crippen molar-refractivity contribution in [2.45, 2.75) is 27.2 Å². The monoisotopic (exact) mass is 427 g/mol. The van der Waals surface area contributed by atoms with Crippen molar-refractivity contribution < 1.29 is 14.3 Å². The van der Waals surface area contributed by atoms with Crippen LogP contribution in [-0.2, 0) is 4.79 Å². The highest BCUT2D eigenvalue weighted by molar-refractivity contribution is 8.26. The van der Waals surface area contributed by atoms with Crippen LogP contribution in [0, 0.1) is 13.8 Å². The second-order valence-corrected chi connectivity index (χ2v) is 8.49. The molecule has 0 bridgehead atoms. The summed E-state index contributed by atoms with van der Waals surface area (Å²) in [5.41, 5.74) is 3.29. The van der Waals surface area contributed by atoms with Gasteiger partial charge >= 0.3 is 0 Å². The van der Waals surface area contributed by atoms with Crippen molar-refractivity contribution in [3.05, 3.63) is 64.1 Å². The minimum atomic E-state index is -0.0216. The number of hydrogen-bond donors (Lipinski definition) is 0. The van der Waals surface area contributed by atoms with E-state index in [1.807, 2.05) is 44.2 Å². The predicted octanol–water partition coefficient (Wildman–Crippen LogP) is 5.37. The van der Waals surface area contributed by atoms with Gasteiger partial charge in [-0.2, -0.15) is 0 Å². The zero-order chi connectivity index (χ0) is 20.8. The third-order valence-corrected chi connectivity index (χ3v) is 5.90. The van der Waals surface area contributed by atoms with Crippen LogP contribution in [0.3, 0.4) is 0 Å². The van der Waals surface area contributed by atoms with Gasteiger partial charge in [0.2, 0.25) is 0 Å². The Kier molecular flexibility index (Phi) is 7.34. The Bertz CT molecular complexity index is 922. The lowest BCUT2D eigenvalue weighted by molar-refractivity contribution is -0.121. The number of thiocarbonyl (C=S) groups is 1. The van der Waals surface area contributed by atoms with E-state index in [0.717, 1.165) is 29.0 Å². The molecule has 1 amide bonds. The topological polar surface area (TPSA) is 38.8 Å². The maximum absolute atomic E-state index is 12.3. The second kappa shape index (κ2) is 9.94. The van der Waals surface area contributed by atoms with E-state index < -0.39 is 0 Å². The third-order valence-electron chi connectivity index (χ3n) is 4.53. The molecule has 2 aromatic rings. The van der Waals surface area contributed by atoms with E-state index in [1.165, 1.54) is 17.3 Å². The normalized spacial score (nSPS) is 15.3. The molecule has 1 fully saturated rings. The van der Waals surface area contributed by atoms with Gasteiger partial charge in [0.05, 0.1) is 18.1 Å². The number of nitrogens with zero attached hydrogens (tertiary/aromatic N) is 1. The molecule has 29 heavy (non-hydrogen) atoms. The van der Waals surface area contributed by atoms with Crippen molar-refractivity contribution in [3.63, 3.8) is 0 Å². The Morgan fingerprint density at radius 1 is 1.07 bits per heavy atom. The lowest BCUT2D eigenvalue weighted by Gasteiger charge is -2.11. The summed E-state index contributed by atoms with van der Waals surface area (Å²) >= 11 is 6.59. The summed E-state index contributed by atoms with van der Waals surface area (Å²) in [5.74, 6) is 1.71. The van der Waals surface area contributed by atoms with Crippen LogP contribution >= 0.6 is 24.0 Å². The van der Waals surface area contributed by atoms with Gasteiger partial charge in [-0.3, -0.25) is 9.69 Å². The number of ether oxygens (including phenoxy) is 2. The summed E-state index contributed by atoms with van der Waals surface area (Å²) in [6.07, 6.45) is 2.67. The van der Waals surface area contributed by atoms with E-state index in [9.17, 15) is 4.79 Å². The molecule has 0 radical (unpaired) electrons. The summed E-state index contributed by atoms with van der Waals surface area (Å²) < 4.78 is 12.3. The molecule has 0 spiro atoms. The summed E-state index contributed by atoms with van der Waals surface area (Å²) in [4.78, 5) is 14.6. The van der Waals surface area contributed by atoms with E-state index in [1.54, 1.807) is 4.90 Å². The molecule has 1 aliphatic heterocycles. The van der Waals surface area contributed by atoms with Gasteiger partial charge in [0.1, 0.15) is 15.8 Å². The van der Waals surface area contributed by atoms with Crippen LogP contribution in [0.5, 0.6) is 11.5 Å². The highest BCUT2D eigenvalue weighted by atomic mass is 32.2. The van der Waals surface area contributed by atoms with Gasteiger partial charge in [-0.15, -0.1) is 0 Å². The molecule has 0 aliphatic carbocycles. The number of likely N-dealkylation sites (N-methyl/N-ethyl adjacent to an activating group) is 1. The molecule has 0 N–H and O–H groups in total. The first kappa shape index (κ1) is 21.4. The molecular weight excluding hydrogens is 402 g/mol. The minimum absolute atomic E-state index is 0.0216. The third kappa shape index (κ3) is 5.61. The highest BCUT2D eigenvalue weighted by Crippen LogP contribution is 2.32. The quantitative estimate of drug-likeness (QED) is 0.322. The van der Waals surface area contributed by atoms with Crippen LogP contribution in [0.25, 0.3) is 6.08 Å². The maximum Gasteiger partial charge on any atom is 0.266 e. The van der Waals surface area contributed by atoms with Gasteiger partial charge < -0.3 is 9.47 Å². The molecular formula is C23H25NO3S2. The van der Waals surface area contributed by atoms with Crippen molar-refractivity contribution in [2.75, 3.05) is 19.8 Å². The van der Waals surface area contributed by atoms with Gasteiger partial charge in [-0.1, -0.05) is 48.2 Å². The average molecular weight is 428 g/mol. The van der Waals surface area contributed by atoms with Crippen molar-refractivity contribution in [1.29, 1.82) is 0 Å². The van der Waals surface area contributed by atoms with Crippen LogP contribution < -0.4 is 9.47 Å². The van der Waals surface area contributed by atoms with Crippen LogP contribution in [0.1, 0.15) is 30.0 Å². The summed E-state index contributed by atoms with van der Waals surface area (Å²) in [7, 11) is 0. The van der Waals surface area contributed by atoms with Gasteiger partial charge in [0, 0.05) is 13.0 Å². The molecule has 0 saturated carbocycles. The zero-order valence-electron chi connectivity index (χ0n) is 16.9. The van der Waals surface area contributed by atoms with E-state index >= 15 is 0 Å². The number of hydrogen-bond acceptors (Lipinski definition) is 5. The molecule has 152 valence electrons. The van der Waals surface area contributed by atoms with Gasteiger partial charge in [0.15, 0.2) is 0 Å². The molecule has 6 heteroatoms. The molecule has 4 nitrogen and oxygen atoms in total. The number of benzene rings is 2. The molecule has 3 rings (SSSR count). The van der Waals surface area contributed by atoms with Crippen molar-refractivity contribution >= 4 is 40.3 Å². The van der Waals surface area contributed by atoms with Gasteiger partial charge in [-0.05, 0) is 61.7 Å². The first-order valence-electron chi connectivity index (χ1n) is 9.66. The van der Waals surface area contributed by atoms with Crippen LogP contribution in [0.15, 0.2) is 47.4 Å². The summed E-state index contributed by atoms with van der Waals surface area (Å²) in [6.45, 7) is 7.83. The second-order valence-electron chi connectivity index (χ2n) is 6.81. The number of carbonyl (C=O) groups excluding carboxylic acids is 1. The Morgan fingerprint density at radius 2 is 1.79 bits per heavy atom. The minimum Gasteiger partial charge on any atom is -0.493 e. The molecule has 1 heterocycles. The Morgan fingerprint density at radius 3 is 2.48 bits per heavy atom. The van der Waals surface area contributed by atoms with Gasteiger partial charge in [-0.25, -0.2) is 0 Å². The Balaban J connectivity index is 1.46. The number of amides is 1. The van der Waals surface area contributed by atoms with E-state index in [2.05, 4.69) is 25.1 Å². The number of carbonyl (C=O) groups is 1. The van der Waals surface area contributed by atoms with Crippen molar-refractivity contribution in [3.8, 4) is 11.5 Å². The van der Waals surface area contributed by atoms with Crippen LogP contribution in [0.2, 0.25) is 0 Å². The number of rotatable bonds is 8. The zero-order valence-corrected chi connectivity index (χ0v) is 18.6. The Hall–Kier alpha value is -2.31. The molecule has 1 saturated heterocycles. The fraction of sp³-hybridized carbons (Fsp3) is 0.304. The number of aryl methyl sites for hydroxylation is 2. The summed E-state index contributed by atoms with van der Waals surface area (Å²) in [5, 5.41) is 0. The maximum atomic E-state index is 12.3. The first-order valence-corrected chi connectivity index (χ1v) is 10.9.